The van der Waals surface area contributed by atoms with Crippen LogP contribution in [0, 0.1) is 11.8 Å². The first kappa shape index (κ1) is 19.0. The second kappa shape index (κ2) is 7.22. The molecule has 4 rings (SSSR count). The van der Waals surface area contributed by atoms with Gasteiger partial charge in [0.2, 0.25) is 5.91 Å². The van der Waals surface area contributed by atoms with Crippen LogP contribution in [0.3, 0.4) is 0 Å². The summed E-state index contributed by atoms with van der Waals surface area (Å²) in [6, 6.07) is 10.2. The number of fused-ring (bicyclic) bond motifs is 1. The van der Waals surface area contributed by atoms with E-state index >= 15 is 0 Å². The second-order valence-electron chi connectivity index (χ2n) is 8.90. The van der Waals surface area contributed by atoms with Crippen LogP contribution < -0.4 is 10.6 Å². The molecule has 1 aromatic rings. The molecule has 6 nitrogen and oxygen atoms in total. The summed E-state index contributed by atoms with van der Waals surface area (Å²) in [5, 5.41) is 5.88. The van der Waals surface area contributed by atoms with Crippen molar-refractivity contribution in [3.63, 3.8) is 0 Å². The fraction of sp³-hybridized carbons (Fsp3) is 0.591. The number of imide groups is 1. The van der Waals surface area contributed by atoms with Gasteiger partial charge in [0, 0.05) is 24.9 Å². The van der Waals surface area contributed by atoms with Gasteiger partial charge in [-0.05, 0) is 44.1 Å². The Morgan fingerprint density at radius 2 is 1.82 bits per heavy atom. The molecule has 3 aliphatic rings. The van der Waals surface area contributed by atoms with E-state index in [4.69, 9.17) is 0 Å². The van der Waals surface area contributed by atoms with E-state index in [1.54, 1.807) is 13.8 Å². The Kier molecular flexibility index (Phi) is 4.89. The van der Waals surface area contributed by atoms with Crippen molar-refractivity contribution in [3.05, 3.63) is 35.9 Å². The molecule has 1 saturated heterocycles. The van der Waals surface area contributed by atoms with Gasteiger partial charge in [0.25, 0.3) is 5.91 Å². The average molecular weight is 383 g/mol. The molecule has 0 spiro atoms. The summed E-state index contributed by atoms with van der Waals surface area (Å²) in [6.45, 7) is 3.47. The van der Waals surface area contributed by atoms with Crippen LogP contribution >= 0.6 is 0 Å². The van der Waals surface area contributed by atoms with E-state index in [2.05, 4.69) is 34.9 Å². The van der Waals surface area contributed by atoms with Gasteiger partial charge in [-0.2, -0.15) is 0 Å². The Morgan fingerprint density at radius 1 is 1.14 bits per heavy atom. The van der Waals surface area contributed by atoms with E-state index in [0.717, 1.165) is 4.90 Å². The molecule has 1 heterocycles. The van der Waals surface area contributed by atoms with Crippen LogP contribution in [-0.2, 0) is 9.59 Å². The highest BCUT2D eigenvalue weighted by Crippen LogP contribution is 2.54. The van der Waals surface area contributed by atoms with E-state index in [1.165, 1.54) is 31.2 Å². The number of rotatable bonds is 5. The minimum absolute atomic E-state index is 0.0831. The van der Waals surface area contributed by atoms with Crippen LogP contribution in [0.2, 0.25) is 0 Å². The molecular weight excluding hydrogens is 354 g/mol. The molecule has 6 heteroatoms. The Morgan fingerprint density at radius 3 is 2.46 bits per heavy atom. The van der Waals surface area contributed by atoms with Crippen molar-refractivity contribution in [2.24, 2.45) is 11.8 Å². The number of carbonyl (C=O) groups excluding carboxylic acids is 3. The molecule has 0 bridgehead atoms. The van der Waals surface area contributed by atoms with Crippen LogP contribution in [0.15, 0.2) is 30.3 Å². The maximum absolute atomic E-state index is 12.6. The van der Waals surface area contributed by atoms with Crippen molar-refractivity contribution in [1.29, 1.82) is 0 Å². The number of nitrogens with one attached hydrogen (secondary N) is 2. The minimum Gasteiger partial charge on any atom is -0.352 e. The van der Waals surface area contributed by atoms with E-state index in [0.29, 0.717) is 17.8 Å². The van der Waals surface area contributed by atoms with Crippen LogP contribution in [-0.4, -0.2) is 40.9 Å². The number of benzene rings is 1. The minimum atomic E-state index is -0.894. The predicted octanol–water partition coefficient (Wildman–Crippen LogP) is 2.80. The highest BCUT2D eigenvalue weighted by molar-refractivity contribution is 6.06. The Labute approximate surface area is 166 Å². The molecule has 2 N–H and O–H groups in total. The molecular formula is C22H29N3O3. The lowest BCUT2D eigenvalue weighted by molar-refractivity contribution is -0.131. The molecule has 4 atom stereocenters. The van der Waals surface area contributed by atoms with E-state index in [9.17, 15) is 14.4 Å². The molecule has 2 aliphatic carbocycles. The molecule has 4 amide bonds. The molecule has 1 aromatic carbocycles. The average Bonchev–Trinajstić information content (AvgIpc) is 2.86. The largest absolute Gasteiger partial charge is 0.352 e. The first-order chi connectivity index (χ1) is 13.4. The predicted molar refractivity (Wildman–Crippen MR) is 106 cm³/mol. The third-order valence-corrected chi connectivity index (χ3v) is 6.70. The van der Waals surface area contributed by atoms with Gasteiger partial charge < -0.3 is 10.6 Å². The summed E-state index contributed by atoms with van der Waals surface area (Å²) in [5.74, 6) is 1.20. The van der Waals surface area contributed by atoms with Crippen molar-refractivity contribution in [3.8, 4) is 0 Å². The Bertz CT molecular complexity index is 776. The third-order valence-electron chi connectivity index (χ3n) is 6.70. The number of nitrogens with zero attached hydrogens (tertiary/aromatic N) is 1. The Balaban J connectivity index is 1.39. The summed E-state index contributed by atoms with van der Waals surface area (Å²) in [7, 11) is 0. The third kappa shape index (κ3) is 3.29. The zero-order valence-electron chi connectivity index (χ0n) is 16.6. The molecule has 0 radical (unpaired) electrons. The van der Waals surface area contributed by atoms with Gasteiger partial charge in [-0.1, -0.05) is 43.2 Å². The summed E-state index contributed by atoms with van der Waals surface area (Å²) >= 11 is 0. The molecule has 0 aromatic heterocycles. The Hall–Kier alpha value is -2.37. The lowest BCUT2D eigenvalue weighted by atomic mass is 9.53. The summed E-state index contributed by atoms with van der Waals surface area (Å²) in [5.41, 5.74) is 0.404. The van der Waals surface area contributed by atoms with Crippen molar-refractivity contribution in [2.45, 2.75) is 63.5 Å². The van der Waals surface area contributed by atoms with Gasteiger partial charge in [-0.3, -0.25) is 14.5 Å². The standard InChI is InChI=1S/C22H29N3O3/c1-22(2)20(27)25(21(28)24-22)13-12-17(26)23-19-16-11-7-6-10-15(16)18(19)14-8-4-3-5-9-14/h3-5,8-9,15-16,18-19H,6-7,10-13H2,1-2H3,(H,23,26)(H,24,28)/t15-,16-,18+,19+/m1/s1. The molecule has 3 fully saturated rings. The number of carbonyl (C=O) groups is 3. The van der Waals surface area contributed by atoms with Gasteiger partial charge in [-0.15, -0.1) is 0 Å². The molecule has 2 saturated carbocycles. The zero-order valence-corrected chi connectivity index (χ0v) is 16.6. The second-order valence-corrected chi connectivity index (χ2v) is 8.90. The first-order valence-electron chi connectivity index (χ1n) is 10.4. The van der Waals surface area contributed by atoms with Crippen LogP contribution in [0.1, 0.15) is 57.4 Å². The lowest BCUT2D eigenvalue weighted by Gasteiger charge is -2.55. The molecule has 1 aliphatic heterocycles. The first-order valence-corrected chi connectivity index (χ1v) is 10.4. The van der Waals surface area contributed by atoms with Gasteiger partial charge in [0.15, 0.2) is 0 Å². The van der Waals surface area contributed by atoms with E-state index in [1.807, 2.05) is 6.07 Å². The van der Waals surface area contributed by atoms with Gasteiger partial charge in [0.1, 0.15) is 5.54 Å². The SMILES string of the molecule is CC1(C)NC(=O)N(CCC(=O)N[C@H]2[C@@H]3CCCC[C@H]3[C@@H]2c2ccccc2)C1=O. The summed E-state index contributed by atoms with van der Waals surface area (Å²) in [6.07, 6.45) is 5.04. The monoisotopic (exact) mass is 383 g/mol. The topological polar surface area (TPSA) is 78.5 Å². The smallest absolute Gasteiger partial charge is 0.325 e. The fourth-order valence-electron chi connectivity index (χ4n) is 5.29. The normalized spacial score (nSPS) is 31.0. The number of urea groups is 1. The van der Waals surface area contributed by atoms with Crippen LogP contribution in [0.4, 0.5) is 4.79 Å². The lowest BCUT2D eigenvalue weighted by Crippen LogP contribution is -2.59. The molecule has 0 unspecified atom stereocenters. The van der Waals surface area contributed by atoms with E-state index < -0.39 is 11.6 Å². The molecule has 150 valence electrons. The number of hydrogen-bond acceptors (Lipinski definition) is 3. The summed E-state index contributed by atoms with van der Waals surface area (Å²) in [4.78, 5) is 38.1. The van der Waals surface area contributed by atoms with Gasteiger partial charge in [-0.25, -0.2) is 4.79 Å². The number of amides is 4. The van der Waals surface area contributed by atoms with Gasteiger partial charge in [0.05, 0.1) is 0 Å². The van der Waals surface area contributed by atoms with Gasteiger partial charge >= 0.3 is 6.03 Å². The summed E-state index contributed by atoms with van der Waals surface area (Å²) < 4.78 is 0. The number of hydrogen-bond donors (Lipinski definition) is 2. The highest BCUT2D eigenvalue weighted by Gasteiger charge is 2.51. The van der Waals surface area contributed by atoms with Crippen molar-refractivity contribution >= 4 is 17.8 Å². The van der Waals surface area contributed by atoms with Crippen LogP contribution in [0.5, 0.6) is 0 Å². The van der Waals surface area contributed by atoms with Crippen LogP contribution in [0.25, 0.3) is 0 Å². The van der Waals surface area contributed by atoms with Crippen molar-refractivity contribution in [2.75, 3.05) is 6.54 Å². The molecule has 28 heavy (non-hydrogen) atoms. The fourth-order valence-corrected chi connectivity index (χ4v) is 5.29. The zero-order chi connectivity index (χ0) is 19.9. The highest BCUT2D eigenvalue weighted by atomic mass is 16.2. The van der Waals surface area contributed by atoms with Crippen molar-refractivity contribution < 1.29 is 14.4 Å². The maximum atomic E-state index is 12.6. The van der Waals surface area contributed by atoms with Crippen molar-refractivity contribution in [1.82, 2.24) is 15.5 Å². The maximum Gasteiger partial charge on any atom is 0.325 e. The van der Waals surface area contributed by atoms with E-state index in [-0.39, 0.29) is 30.8 Å². The quantitative estimate of drug-likeness (QED) is 0.768.